The van der Waals surface area contributed by atoms with Gasteiger partial charge in [-0.1, -0.05) is 26.0 Å². The first kappa shape index (κ1) is 22.1. The quantitative estimate of drug-likeness (QED) is 0.643. The number of nitrogens with zero attached hydrogens (tertiary/aromatic N) is 3. The summed E-state index contributed by atoms with van der Waals surface area (Å²) < 4.78 is 8.19. The molecule has 5 rings (SSSR count). The van der Waals surface area contributed by atoms with E-state index in [9.17, 15) is 4.79 Å². The highest BCUT2D eigenvalue weighted by Gasteiger charge is 2.28. The zero-order valence-electron chi connectivity index (χ0n) is 19.2. The van der Waals surface area contributed by atoms with Gasteiger partial charge in [0.15, 0.2) is 0 Å². The lowest BCUT2D eigenvalue weighted by Gasteiger charge is -2.29. The number of anilines is 1. The first-order chi connectivity index (χ1) is 15.7. The monoisotopic (exact) mass is 435 g/mol. The van der Waals surface area contributed by atoms with E-state index in [1.807, 2.05) is 37.5 Å². The lowest BCUT2D eigenvalue weighted by atomic mass is 10.0. The molecular formula is C25H33N5O2. The van der Waals surface area contributed by atoms with Crippen molar-refractivity contribution >= 4 is 17.1 Å². The average molecular weight is 436 g/mol. The van der Waals surface area contributed by atoms with Crippen LogP contribution in [0.25, 0.3) is 16.6 Å². The van der Waals surface area contributed by atoms with E-state index in [1.54, 1.807) is 6.20 Å². The highest BCUT2D eigenvalue weighted by atomic mass is 16.5. The fraction of sp³-hybridized carbons (Fsp3) is 0.440. The van der Waals surface area contributed by atoms with Gasteiger partial charge in [-0.2, -0.15) is 5.10 Å². The molecule has 7 nitrogen and oxygen atoms in total. The minimum absolute atomic E-state index is 0.0620. The summed E-state index contributed by atoms with van der Waals surface area (Å²) in [6.07, 6.45) is 4.27. The third kappa shape index (κ3) is 4.72. The molecule has 4 heterocycles. The third-order valence-electron chi connectivity index (χ3n) is 6.14. The van der Waals surface area contributed by atoms with Crippen molar-refractivity contribution in [3.63, 3.8) is 0 Å². The van der Waals surface area contributed by atoms with E-state index in [0.29, 0.717) is 13.0 Å². The number of ether oxygens (including phenoxy) is 1. The van der Waals surface area contributed by atoms with Crippen molar-refractivity contribution in [1.82, 2.24) is 20.2 Å². The topological polar surface area (TPSA) is 70.9 Å². The molecule has 2 unspecified atom stereocenters. The molecule has 2 aliphatic rings. The molecule has 2 aliphatic heterocycles. The minimum Gasteiger partial charge on any atom is -0.488 e. The lowest BCUT2D eigenvalue weighted by molar-refractivity contribution is -0.119. The predicted octanol–water partition coefficient (Wildman–Crippen LogP) is 3.34. The fourth-order valence-electron chi connectivity index (χ4n) is 4.29. The molecule has 0 spiro atoms. The molecule has 0 bridgehead atoms. The number of rotatable bonds is 5. The van der Waals surface area contributed by atoms with Crippen LogP contribution in [0.15, 0.2) is 48.8 Å². The third-order valence-corrected chi connectivity index (χ3v) is 6.14. The maximum atomic E-state index is 11.6. The summed E-state index contributed by atoms with van der Waals surface area (Å²) in [6.45, 7) is 10.8. The summed E-state index contributed by atoms with van der Waals surface area (Å²) in [6, 6.07) is 12.7. The van der Waals surface area contributed by atoms with Gasteiger partial charge in [0.2, 0.25) is 5.91 Å². The van der Waals surface area contributed by atoms with Gasteiger partial charge in [-0.3, -0.25) is 4.79 Å². The number of hydrogen-bond donors (Lipinski definition) is 2. The van der Waals surface area contributed by atoms with Crippen molar-refractivity contribution in [3.8, 4) is 16.9 Å². The van der Waals surface area contributed by atoms with Crippen molar-refractivity contribution in [2.45, 2.75) is 33.3 Å². The zero-order valence-corrected chi connectivity index (χ0v) is 19.2. The number of nitrogens with one attached hydrogen (secondary N) is 2. The van der Waals surface area contributed by atoms with Crippen LogP contribution in [0.2, 0.25) is 0 Å². The summed E-state index contributed by atoms with van der Waals surface area (Å²) in [7, 11) is 0. The van der Waals surface area contributed by atoms with Crippen LogP contribution in [0.1, 0.15) is 27.2 Å². The lowest BCUT2D eigenvalue weighted by Crippen LogP contribution is -2.43. The second-order valence-corrected chi connectivity index (χ2v) is 8.13. The fourth-order valence-corrected chi connectivity index (χ4v) is 4.29. The molecule has 0 saturated carbocycles. The molecular weight excluding hydrogens is 402 g/mol. The van der Waals surface area contributed by atoms with Gasteiger partial charge in [0.05, 0.1) is 6.20 Å². The van der Waals surface area contributed by atoms with E-state index < -0.39 is 0 Å². The van der Waals surface area contributed by atoms with Crippen LogP contribution in [0, 0.1) is 5.92 Å². The summed E-state index contributed by atoms with van der Waals surface area (Å²) in [4.78, 5) is 14.0. The van der Waals surface area contributed by atoms with E-state index in [0.717, 1.165) is 48.6 Å². The van der Waals surface area contributed by atoms with Crippen molar-refractivity contribution in [3.05, 3.63) is 48.8 Å². The molecule has 2 saturated heterocycles. The van der Waals surface area contributed by atoms with Crippen LogP contribution in [0.5, 0.6) is 5.75 Å². The highest BCUT2D eigenvalue weighted by molar-refractivity contribution is 5.78. The Labute approximate surface area is 189 Å². The maximum absolute atomic E-state index is 11.6. The zero-order chi connectivity index (χ0) is 22.5. The Morgan fingerprint density at radius 3 is 2.53 bits per heavy atom. The first-order valence-corrected chi connectivity index (χ1v) is 11.6. The molecule has 2 N–H and O–H groups in total. The normalized spacial score (nSPS) is 19.3. The van der Waals surface area contributed by atoms with Gasteiger partial charge in [0.1, 0.15) is 17.4 Å². The molecule has 32 heavy (non-hydrogen) atoms. The highest BCUT2D eigenvalue weighted by Crippen LogP contribution is 2.31. The smallest absolute Gasteiger partial charge is 0.220 e. The van der Waals surface area contributed by atoms with Crippen LogP contribution in [0.3, 0.4) is 0 Å². The minimum atomic E-state index is -0.0620. The number of aromatic nitrogens is 2. The van der Waals surface area contributed by atoms with Crippen LogP contribution in [0.4, 0.5) is 5.69 Å². The van der Waals surface area contributed by atoms with Crippen molar-refractivity contribution < 1.29 is 9.53 Å². The summed E-state index contributed by atoms with van der Waals surface area (Å²) in [5.41, 5.74) is 4.37. The number of carbonyl (C=O) groups excluding carboxylic acids is 1. The Morgan fingerprint density at radius 1 is 1.09 bits per heavy atom. The van der Waals surface area contributed by atoms with E-state index in [2.05, 4.69) is 51.0 Å². The Hall–Kier alpha value is -3.06. The molecule has 2 atom stereocenters. The number of amides is 1. The Kier molecular flexibility index (Phi) is 6.95. The van der Waals surface area contributed by atoms with Crippen LogP contribution in [-0.4, -0.2) is 54.3 Å². The first-order valence-electron chi connectivity index (χ1n) is 11.6. The maximum Gasteiger partial charge on any atom is 0.220 e. The van der Waals surface area contributed by atoms with Gasteiger partial charge in [-0.15, -0.1) is 0 Å². The summed E-state index contributed by atoms with van der Waals surface area (Å²) in [5, 5.41) is 10.7. The molecule has 1 aromatic carbocycles. The SMILES string of the molecule is CC.CC(Oc1cc(-c2ccc(N3CCNCC3)cc2)cn2nccc12)C1CNC(=O)C1. The Balaban J connectivity index is 0.00000119. The number of pyridine rings is 1. The van der Waals surface area contributed by atoms with Crippen LogP contribution in [-0.2, 0) is 4.79 Å². The molecule has 0 aliphatic carbocycles. The molecule has 1 amide bonds. The number of fused-ring (bicyclic) bond motifs is 1. The Bertz CT molecular complexity index is 1040. The number of piperazine rings is 1. The standard InChI is InChI=1S/C23H27N5O2.C2H6/c1-16(18-13-23(29)25-14-18)30-22-12-19(15-28-21(22)6-7-26-28)17-2-4-20(5-3-17)27-10-8-24-9-11-27;1-2/h2-7,12,15-16,18,24H,8-11,13-14H2,1H3,(H,25,29);1-2H3. The number of carbonyl (C=O) groups is 1. The van der Waals surface area contributed by atoms with E-state index in [4.69, 9.17) is 4.74 Å². The van der Waals surface area contributed by atoms with E-state index in [1.165, 1.54) is 5.69 Å². The molecule has 0 radical (unpaired) electrons. The molecule has 7 heteroatoms. The van der Waals surface area contributed by atoms with Gasteiger partial charge in [-0.25, -0.2) is 4.52 Å². The van der Waals surface area contributed by atoms with Crippen molar-refractivity contribution in [1.29, 1.82) is 0 Å². The summed E-state index contributed by atoms with van der Waals surface area (Å²) >= 11 is 0. The molecule has 170 valence electrons. The van der Waals surface area contributed by atoms with E-state index >= 15 is 0 Å². The molecule has 2 fully saturated rings. The van der Waals surface area contributed by atoms with Gasteiger partial charge in [-0.05, 0) is 36.8 Å². The van der Waals surface area contributed by atoms with Crippen molar-refractivity contribution in [2.24, 2.45) is 5.92 Å². The van der Waals surface area contributed by atoms with E-state index in [-0.39, 0.29) is 17.9 Å². The summed E-state index contributed by atoms with van der Waals surface area (Å²) in [5.74, 6) is 1.08. The van der Waals surface area contributed by atoms with Gasteiger partial charge < -0.3 is 20.3 Å². The van der Waals surface area contributed by atoms with Gasteiger partial charge in [0.25, 0.3) is 0 Å². The average Bonchev–Trinajstić information content (AvgIpc) is 3.50. The number of hydrogen-bond acceptors (Lipinski definition) is 5. The largest absolute Gasteiger partial charge is 0.488 e. The van der Waals surface area contributed by atoms with Crippen LogP contribution < -0.4 is 20.3 Å². The number of benzene rings is 1. The molecule has 3 aromatic rings. The van der Waals surface area contributed by atoms with Gasteiger partial charge in [0, 0.05) is 62.5 Å². The van der Waals surface area contributed by atoms with Crippen LogP contribution >= 0.6 is 0 Å². The Morgan fingerprint density at radius 2 is 1.84 bits per heavy atom. The molecule has 2 aromatic heterocycles. The van der Waals surface area contributed by atoms with Crippen molar-refractivity contribution in [2.75, 3.05) is 37.6 Å². The predicted molar refractivity (Wildman–Crippen MR) is 128 cm³/mol. The second-order valence-electron chi connectivity index (χ2n) is 8.13. The van der Waals surface area contributed by atoms with Gasteiger partial charge >= 0.3 is 0 Å². The second kappa shape index (κ2) is 10.0.